The van der Waals surface area contributed by atoms with Crippen LogP contribution in [0.5, 0.6) is 0 Å². The molecule has 0 radical (unpaired) electrons. The Labute approximate surface area is 108 Å². The summed E-state index contributed by atoms with van der Waals surface area (Å²) >= 11 is 6.51. The highest BCUT2D eigenvalue weighted by Crippen LogP contribution is 2.28. The maximum absolute atomic E-state index is 13.1. The lowest BCUT2D eigenvalue weighted by Crippen LogP contribution is -1.97. The first-order valence-electron chi connectivity index (χ1n) is 4.31. The third kappa shape index (κ3) is 2.22. The minimum atomic E-state index is -0.344. The number of nitrogen functional groups attached to an aromatic ring is 1. The first-order chi connectivity index (χ1) is 7.58. The fourth-order valence-corrected chi connectivity index (χ4v) is 1.79. The van der Waals surface area contributed by atoms with E-state index in [9.17, 15) is 4.39 Å². The van der Waals surface area contributed by atoms with E-state index >= 15 is 0 Å². The van der Waals surface area contributed by atoms with Crippen LogP contribution in [0.4, 0.5) is 10.2 Å². The summed E-state index contributed by atoms with van der Waals surface area (Å²) in [6.45, 7) is 0. The average molecular weight is 347 g/mol. The number of aromatic nitrogens is 2. The number of rotatable bonds is 1. The van der Waals surface area contributed by atoms with Crippen LogP contribution in [0, 0.1) is 5.82 Å². The van der Waals surface area contributed by atoms with Crippen molar-refractivity contribution in [3.8, 4) is 11.4 Å². The van der Waals surface area contributed by atoms with Crippen LogP contribution < -0.4 is 5.73 Å². The molecule has 1 aromatic carbocycles. The van der Waals surface area contributed by atoms with Crippen molar-refractivity contribution in [2.75, 3.05) is 5.73 Å². The van der Waals surface area contributed by atoms with E-state index in [4.69, 9.17) is 5.73 Å². The largest absolute Gasteiger partial charge is 0.383 e. The number of nitrogens with zero attached hydrogens (tertiary/aromatic N) is 2. The fraction of sp³-hybridized carbons (Fsp3) is 0. The maximum atomic E-state index is 13.1. The Kier molecular flexibility index (Phi) is 3.20. The predicted octanol–water partition coefficient (Wildman–Crippen LogP) is 3.39. The van der Waals surface area contributed by atoms with Gasteiger partial charge in [0.25, 0.3) is 0 Å². The van der Waals surface area contributed by atoms with Crippen LogP contribution in [-0.2, 0) is 0 Å². The van der Waals surface area contributed by atoms with Gasteiger partial charge in [-0.05, 0) is 34.1 Å². The lowest BCUT2D eigenvalue weighted by Gasteiger charge is -2.04. The summed E-state index contributed by atoms with van der Waals surface area (Å²) in [5.41, 5.74) is 6.21. The van der Waals surface area contributed by atoms with E-state index in [0.717, 1.165) is 4.47 Å². The Morgan fingerprint density at radius 3 is 2.62 bits per heavy atom. The van der Waals surface area contributed by atoms with Crippen LogP contribution in [0.2, 0.25) is 0 Å². The van der Waals surface area contributed by atoms with E-state index in [-0.39, 0.29) is 5.82 Å². The van der Waals surface area contributed by atoms with E-state index < -0.39 is 0 Å². The van der Waals surface area contributed by atoms with Gasteiger partial charge in [0.2, 0.25) is 0 Å². The smallest absolute Gasteiger partial charge is 0.162 e. The summed E-state index contributed by atoms with van der Waals surface area (Å²) in [6.07, 6.45) is 1.54. The van der Waals surface area contributed by atoms with Gasteiger partial charge >= 0.3 is 0 Å². The number of nitrogens with two attached hydrogens (primary N) is 1. The molecule has 0 saturated carbocycles. The molecular weight excluding hydrogens is 341 g/mol. The van der Waals surface area contributed by atoms with Crippen molar-refractivity contribution in [2.24, 2.45) is 0 Å². The van der Waals surface area contributed by atoms with Crippen LogP contribution in [0.3, 0.4) is 0 Å². The molecule has 82 valence electrons. The molecule has 0 atom stereocenters. The second kappa shape index (κ2) is 4.47. The van der Waals surface area contributed by atoms with Gasteiger partial charge in [-0.3, -0.25) is 0 Å². The summed E-state index contributed by atoms with van der Waals surface area (Å²) in [6, 6.07) is 4.31. The molecule has 2 aromatic rings. The van der Waals surface area contributed by atoms with Gasteiger partial charge in [-0.25, -0.2) is 14.4 Å². The molecule has 2 rings (SSSR count). The number of halogens is 3. The molecule has 0 amide bonds. The summed E-state index contributed by atoms with van der Waals surface area (Å²) < 4.78 is 14.4. The molecule has 0 saturated heterocycles. The van der Waals surface area contributed by atoms with Crippen LogP contribution >= 0.6 is 31.9 Å². The maximum Gasteiger partial charge on any atom is 0.162 e. The highest BCUT2D eigenvalue weighted by atomic mass is 79.9. The number of hydrogen-bond donors (Lipinski definition) is 1. The fourth-order valence-electron chi connectivity index (χ4n) is 1.18. The quantitative estimate of drug-likeness (QED) is 0.861. The first kappa shape index (κ1) is 11.5. The van der Waals surface area contributed by atoms with Crippen molar-refractivity contribution < 1.29 is 4.39 Å². The van der Waals surface area contributed by atoms with Crippen LogP contribution in [-0.4, -0.2) is 9.97 Å². The molecule has 16 heavy (non-hydrogen) atoms. The molecule has 0 bridgehead atoms. The van der Waals surface area contributed by atoms with Crippen molar-refractivity contribution in [1.82, 2.24) is 9.97 Å². The lowest BCUT2D eigenvalue weighted by molar-refractivity contribution is 0.628. The molecule has 0 aliphatic heterocycles. The molecule has 0 unspecified atom stereocenters. The molecular formula is C10H6Br2FN3. The van der Waals surface area contributed by atoms with Crippen LogP contribution in [0.25, 0.3) is 11.4 Å². The van der Waals surface area contributed by atoms with Gasteiger partial charge in [0.1, 0.15) is 11.6 Å². The summed E-state index contributed by atoms with van der Waals surface area (Å²) in [7, 11) is 0. The van der Waals surface area contributed by atoms with Crippen LogP contribution in [0.15, 0.2) is 33.3 Å². The normalized spacial score (nSPS) is 10.4. The number of hydrogen-bond acceptors (Lipinski definition) is 3. The SMILES string of the molecule is Nc1nc(-c2cc(F)ccc2Br)ncc1Br. The van der Waals surface area contributed by atoms with E-state index in [1.807, 2.05) is 0 Å². The molecule has 0 aliphatic carbocycles. The molecule has 0 aliphatic rings. The van der Waals surface area contributed by atoms with Gasteiger partial charge < -0.3 is 5.73 Å². The van der Waals surface area contributed by atoms with E-state index in [1.54, 1.807) is 6.07 Å². The highest BCUT2D eigenvalue weighted by Gasteiger charge is 2.09. The monoisotopic (exact) mass is 345 g/mol. The Balaban J connectivity index is 2.58. The Bertz CT molecular complexity index is 546. The summed E-state index contributed by atoms with van der Waals surface area (Å²) in [4.78, 5) is 8.14. The Morgan fingerprint density at radius 1 is 1.19 bits per heavy atom. The summed E-state index contributed by atoms with van der Waals surface area (Å²) in [5, 5.41) is 0. The molecule has 1 heterocycles. The molecule has 6 heteroatoms. The van der Waals surface area contributed by atoms with Gasteiger partial charge in [0, 0.05) is 16.2 Å². The van der Waals surface area contributed by atoms with E-state index in [1.165, 1.54) is 18.3 Å². The zero-order valence-electron chi connectivity index (χ0n) is 7.92. The Morgan fingerprint density at radius 2 is 1.94 bits per heavy atom. The minimum Gasteiger partial charge on any atom is -0.383 e. The minimum absolute atomic E-state index is 0.321. The standard InChI is InChI=1S/C10H6Br2FN3/c11-7-2-1-5(13)3-6(7)10-15-4-8(12)9(14)16-10/h1-4H,(H2,14,15,16). The molecule has 3 nitrogen and oxygen atoms in total. The second-order valence-corrected chi connectivity index (χ2v) is 4.76. The zero-order valence-corrected chi connectivity index (χ0v) is 11.1. The second-order valence-electron chi connectivity index (χ2n) is 3.05. The molecule has 1 aromatic heterocycles. The van der Waals surface area contributed by atoms with Crippen LogP contribution in [0.1, 0.15) is 0 Å². The topological polar surface area (TPSA) is 51.8 Å². The zero-order chi connectivity index (χ0) is 11.7. The van der Waals surface area contributed by atoms with E-state index in [0.29, 0.717) is 21.7 Å². The lowest BCUT2D eigenvalue weighted by atomic mass is 10.2. The van der Waals surface area contributed by atoms with Gasteiger partial charge in [0.05, 0.1) is 4.47 Å². The highest BCUT2D eigenvalue weighted by molar-refractivity contribution is 9.11. The van der Waals surface area contributed by atoms with Crippen molar-refractivity contribution in [2.45, 2.75) is 0 Å². The third-order valence-electron chi connectivity index (χ3n) is 1.94. The van der Waals surface area contributed by atoms with E-state index in [2.05, 4.69) is 41.8 Å². The van der Waals surface area contributed by atoms with Crippen molar-refractivity contribution in [1.29, 1.82) is 0 Å². The summed E-state index contributed by atoms with van der Waals surface area (Å²) in [5.74, 6) is 0.358. The molecule has 0 spiro atoms. The third-order valence-corrected chi connectivity index (χ3v) is 3.24. The molecule has 2 N–H and O–H groups in total. The average Bonchev–Trinajstić information content (AvgIpc) is 2.26. The van der Waals surface area contributed by atoms with Gasteiger partial charge in [0.15, 0.2) is 5.82 Å². The van der Waals surface area contributed by atoms with Crippen molar-refractivity contribution >= 4 is 37.7 Å². The first-order valence-corrected chi connectivity index (χ1v) is 5.90. The van der Waals surface area contributed by atoms with Gasteiger partial charge in [-0.15, -0.1) is 0 Å². The van der Waals surface area contributed by atoms with Gasteiger partial charge in [-0.1, -0.05) is 15.9 Å². The van der Waals surface area contributed by atoms with Crippen molar-refractivity contribution in [3.63, 3.8) is 0 Å². The predicted molar refractivity (Wildman–Crippen MR) is 67.2 cm³/mol. The number of benzene rings is 1. The number of anilines is 1. The Hall–Kier alpha value is -1.01. The van der Waals surface area contributed by atoms with Gasteiger partial charge in [-0.2, -0.15) is 0 Å². The van der Waals surface area contributed by atoms with Crippen molar-refractivity contribution in [3.05, 3.63) is 39.2 Å². The molecule has 0 fully saturated rings.